The zero-order valence-corrected chi connectivity index (χ0v) is 16.2. The number of pyridine rings is 2. The number of fused-ring (bicyclic) bond motifs is 2. The zero-order chi connectivity index (χ0) is 19.8. The van der Waals surface area contributed by atoms with Crippen LogP contribution in [0, 0.1) is 6.92 Å². The van der Waals surface area contributed by atoms with Gasteiger partial charge in [-0.05, 0) is 31.2 Å². The fraction of sp³-hybridized carbons (Fsp3) is 0.217. The minimum atomic E-state index is 0.168. The highest BCUT2D eigenvalue weighted by Gasteiger charge is 2.24. The van der Waals surface area contributed by atoms with Crippen LogP contribution in [-0.2, 0) is 4.74 Å². The number of para-hydroxylation sites is 1. The summed E-state index contributed by atoms with van der Waals surface area (Å²) in [7, 11) is 1.62. The molecule has 0 amide bonds. The Morgan fingerprint density at radius 2 is 1.86 bits per heavy atom. The first-order chi connectivity index (χ1) is 14.2. The molecule has 0 bridgehead atoms. The van der Waals surface area contributed by atoms with Crippen LogP contribution in [0.4, 0.5) is 0 Å². The molecule has 0 spiro atoms. The maximum absolute atomic E-state index is 6.26. The highest BCUT2D eigenvalue weighted by Crippen LogP contribution is 2.38. The number of rotatable bonds is 6. The molecule has 0 unspecified atom stereocenters. The standard InChI is InChI=1S/C23H20N2O4/c1-14-21(9-15-5-3-4-6-18(15)25-14)29-20-7-8-24-19-11-23(28-13-16-12-27-16)22(26-2)10-17(19)20/h3-11,16H,12-13H2,1-2H3/t16-/m0/s1. The number of aryl methyl sites for hydroxylation is 1. The van der Waals surface area contributed by atoms with Crippen molar-refractivity contribution in [2.75, 3.05) is 20.3 Å². The number of methoxy groups -OCH3 is 1. The number of benzene rings is 2. The quantitative estimate of drug-likeness (QED) is 0.447. The van der Waals surface area contributed by atoms with Crippen LogP contribution in [0.1, 0.15) is 5.69 Å². The van der Waals surface area contributed by atoms with Crippen LogP contribution < -0.4 is 14.2 Å². The van der Waals surface area contributed by atoms with Crippen molar-refractivity contribution in [1.29, 1.82) is 0 Å². The van der Waals surface area contributed by atoms with Crippen LogP contribution >= 0.6 is 0 Å². The summed E-state index contributed by atoms with van der Waals surface area (Å²) in [6, 6.07) is 15.6. The monoisotopic (exact) mass is 388 g/mol. The summed E-state index contributed by atoms with van der Waals surface area (Å²) < 4.78 is 22.8. The second kappa shape index (κ2) is 7.22. The Morgan fingerprint density at radius 3 is 2.69 bits per heavy atom. The first kappa shape index (κ1) is 17.7. The topological polar surface area (TPSA) is 66.0 Å². The molecule has 29 heavy (non-hydrogen) atoms. The number of aromatic nitrogens is 2. The van der Waals surface area contributed by atoms with Crippen molar-refractivity contribution in [3.8, 4) is 23.0 Å². The molecular formula is C23H20N2O4. The van der Waals surface area contributed by atoms with E-state index in [1.54, 1.807) is 13.3 Å². The third-order valence-electron chi connectivity index (χ3n) is 4.90. The maximum Gasteiger partial charge on any atom is 0.163 e. The van der Waals surface area contributed by atoms with Gasteiger partial charge in [-0.2, -0.15) is 0 Å². The van der Waals surface area contributed by atoms with Gasteiger partial charge in [0.25, 0.3) is 0 Å². The van der Waals surface area contributed by atoms with Crippen LogP contribution in [0.5, 0.6) is 23.0 Å². The van der Waals surface area contributed by atoms with E-state index in [9.17, 15) is 0 Å². The van der Waals surface area contributed by atoms with Gasteiger partial charge in [0.1, 0.15) is 24.2 Å². The second-order valence-corrected chi connectivity index (χ2v) is 6.96. The van der Waals surface area contributed by atoms with Crippen LogP contribution in [-0.4, -0.2) is 36.4 Å². The average molecular weight is 388 g/mol. The molecule has 3 heterocycles. The fourth-order valence-corrected chi connectivity index (χ4v) is 3.25. The van der Waals surface area contributed by atoms with Crippen LogP contribution in [0.3, 0.4) is 0 Å². The second-order valence-electron chi connectivity index (χ2n) is 6.96. The number of ether oxygens (including phenoxy) is 4. The molecule has 0 radical (unpaired) electrons. The fourth-order valence-electron chi connectivity index (χ4n) is 3.25. The average Bonchev–Trinajstić information content (AvgIpc) is 3.57. The van der Waals surface area contributed by atoms with Crippen molar-refractivity contribution in [2.45, 2.75) is 13.0 Å². The predicted molar refractivity (Wildman–Crippen MR) is 110 cm³/mol. The van der Waals surface area contributed by atoms with E-state index in [1.165, 1.54) is 0 Å². The Balaban J connectivity index is 1.53. The van der Waals surface area contributed by atoms with Gasteiger partial charge >= 0.3 is 0 Å². The first-order valence-corrected chi connectivity index (χ1v) is 9.46. The van der Waals surface area contributed by atoms with E-state index in [0.29, 0.717) is 29.6 Å². The lowest BCUT2D eigenvalue weighted by molar-refractivity contribution is 0.252. The molecule has 1 fully saturated rings. The highest BCUT2D eigenvalue weighted by atomic mass is 16.6. The molecular weight excluding hydrogens is 368 g/mol. The summed E-state index contributed by atoms with van der Waals surface area (Å²) in [5.41, 5.74) is 2.53. The number of hydrogen-bond acceptors (Lipinski definition) is 6. The van der Waals surface area contributed by atoms with Crippen molar-refractivity contribution in [3.63, 3.8) is 0 Å². The van der Waals surface area contributed by atoms with Crippen LogP contribution in [0.25, 0.3) is 21.8 Å². The number of epoxide rings is 1. The lowest BCUT2D eigenvalue weighted by Gasteiger charge is -2.14. The van der Waals surface area contributed by atoms with E-state index >= 15 is 0 Å². The van der Waals surface area contributed by atoms with Gasteiger partial charge in [-0.15, -0.1) is 0 Å². The third-order valence-corrected chi connectivity index (χ3v) is 4.90. The first-order valence-electron chi connectivity index (χ1n) is 9.46. The third kappa shape index (κ3) is 3.54. The van der Waals surface area contributed by atoms with Crippen molar-refractivity contribution >= 4 is 21.8 Å². The summed E-state index contributed by atoms with van der Waals surface area (Å²) in [6.07, 6.45) is 1.89. The zero-order valence-electron chi connectivity index (χ0n) is 16.2. The lowest BCUT2D eigenvalue weighted by Crippen LogP contribution is -2.05. The highest BCUT2D eigenvalue weighted by molar-refractivity contribution is 5.88. The molecule has 1 saturated heterocycles. The summed E-state index contributed by atoms with van der Waals surface area (Å²) in [5, 5.41) is 1.87. The minimum absolute atomic E-state index is 0.168. The molecule has 0 N–H and O–H groups in total. The number of hydrogen-bond donors (Lipinski definition) is 0. The summed E-state index contributed by atoms with van der Waals surface area (Å²) in [5.74, 6) is 2.67. The smallest absolute Gasteiger partial charge is 0.163 e. The lowest BCUT2D eigenvalue weighted by atomic mass is 10.1. The Hall–Kier alpha value is -3.38. The number of nitrogens with zero attached hydrogens (tertiary/aromatic N) is 2. The summed E-state index contributed by atoms with van der Waals surface area (Å²) >= 11 is 0. The van der Waals surface area contributed by atoms with Gasteiger partial charge in [0.05, 0.1) is 30.4 Å². The van der Waals surface area contributed by atoms with Gasteiger partial charge in [0.15, 0.2) is 11.5 Å². The molecule has 4 aromatic rings. The van der Waals surface area contributed by atoms with Gasteiger partial charge in [-0.25, -0.2) is 4.98 Å². The maximum atomic E-state index is 6.26. The van der Waals surface area contributed by atoms with E-state index < -0.39 is 0 Å². The molecule has 5 rings (SSSR count). The van der Waals surface area contributed by atoms with Crippen molar-refractivity contribution in [3.05, 3.63) is 60.4 Å². The van der Waals surface area contributed by atoms with Crippen molar-refractivity contribution < 1.29 is 18.9 Å². The molecule has 6 nitrogen and oxygen atoms in total. The van der Waals surface area contributed by atoms with Crippen molar-refractivity contribution in [2.24, 2.45) is 0 Å². The van der Waals surface area contributed by atoms with E-state index in [4.69, 9.17) is 18.9 Å². The van der Waals surface area contributed by atoms with Gasteiger partial charge in [-0.1, -0.05) is 18.2 Å². The SMILES string of the molecule is COc1cc2c(Oc3cc4ccccc4nc3C)ccnc2cc1OC[C@@H]1CO1. The van der Waals surface area contributed by atoms with E-state index in [0.717, 1.165) is 34.1 Å². The van der Waals surface area contributed by atoms with Crippen molar-refractivity contribution in [1.82, 2.24) is 9.97 Å². The molecule has 2 aromatic carbocycles. The predicted octanol–water partition coefficient (Wildman–Crippen LogP) is 4.67. The molecule has 0 aliphatic carbocycles. The molecule has 146 valence electrons. The van der Waals surface area contributed by atoms with Gasteiger partial charge in [-0.3, -0.25) is 4.98 Å². The molecule has 1 atom stereocenters. The molecule has 6 heteroatoms. The summed E-state index contributed by atoms with van der Waals surface area (Å²) in [6.45, 7) is 3.18. The minimum Gasteiger partial charge on any atom is -0.493 e. The van der Waals surface area contributed by atoms with E-state index in [1.807, 2.05) is 55.5 Å². The van der Waals surface area contributed by atoms with Crippen LogP contribution in [0.15, 0.2) is 54.7 Å². The Morgan fingerprint density at radius 1 is 1.00 bits per heavy atom. The van der Waals surface area contributed by atoms with Gasteiger partial charge in [0.2, 0.25) is 0 Å². The molecule has 1 aliphatic heterocycles. The Labute approximate surface area is 168 Å². The van der Waals surface area contributed by atoms with E-state index in [2.05, 4.69) is 9.97 Å². The largest absolute Gasteiger partial charge is 0.493 e. The van der Waals surface area contributed by atoms with Crippen LogP contribution in [0.2, 0.25) is 0 Å². The Bertz CT molecular complexity index is 1200. The van der Waals surface area contributed by atoms with Gasteiger partial charge in [0, 0.05) is 23.0 Å². The normalized spacial score (nSPS) is 15.4. The molecule has 2 aromatic heterocycles. The molecule has 1 aliphatic rings. The molecule has 0 saturated carbocycles. The van der Waals surface area contributed by atoms with Gasteiger partial charge < -0.3 is 18.9 Å². The Kier molecular flexibility index (Phi) is 4.41. The summed E-state index contributed by atoms with van der Waals surface area (Å²) in [4.78, 5) is 9.12. The van der Waals surface area contributed by atoms with E-state index in [-0.39, 0.29) is 6.10 Å².